The van der Waals surface area contributed by atoms with Crippen molar-refractivity contribution in [1.82, 2.24) is 5.32 Å². The highest BCUT2D eigenvalue weighted by atomic mass is 16.5. The summed E-state index contributed by atoms with van der Waals surface area (Å²) in [6, 6.07) is 21.6. The summed E-state index contributed by atoms with van der Waals surface area (Å²) in [5.41, 5.74) is 2.30. The second kappa shape index (κ2) is 12.1. The number of methoxy groups -OCH3 is 1. The molecule has 3 amide bonds. The van der Waals surface area contributed by atoms with E-state index in [4.69, 9.17) is 9.47 Å². The van der Waals surface area contributed by atoms with Gasteiger partial charge in [-0.3, -0.25) is 14.4 Å². The minimum atomic E-state index is -0.534. The minimum Gasteiger partial charge on any atom is -0.496 e. The third-order valence-electron chi connectivity index (χ3n) is 6.18. The van der Waals surface area contributed by atoms with E-state index in [2.05, 4.69) is 10.6 Å². The van der Waals surface area contributed by atoms with Crippen LogP contribution in [0.4, 0.5) is 11.4 Å². The fourth-order valence-corrected chi connectivity index (χ4v) is 4.22. The van der Waals surface area contributed by atoms with Crippen LogP contribution in [0.3, 0.4) is 0 Å². The molecule has 0 saturated carbocycles. The summed E-state index contributed by atoms with van der Waals surface area (Å²) < 4.78 is 10.9. The van der Waals surface area contributed by atoms with Crippen molar-refractivity contribution in [2.24, 2.45) is 5.92 Å². The molecule has 1 saturated heterocycles. The minimum absolute atomic E-state index is 0.0993. The van der Waals surface area contributed by atoms with Gasteiger partial charge in [0.2, 0.25) is 11.8 Å². The van der Waals surface area contributed by atoms with Gasteiger partial charge in [-0.2, -0.15) is 0 Å². The largest absolute Gasteiger partial charge is 0.496 e. The van der Waals surface area contributed by atoms with Gasteiger partial charge in [0.25, 0.3) is 5.91 Å². The SMILES string of the molecule is CCCOc1ccc(N2C[C@H](C(=O)Nc3ccccc3C(=O)NCc3ccccc3OC)CC2=O)cc1. The molecule has 8 nitrogen and oxygen atoms in total. The van der Waals surface area contributed by atoms with Crippen LogP contribution >= 0.6 is 0 Å². The molecule has 1 aliphatic heterocycles. The maximum atomic E-state index is 13.1. The van der Waals surface area contributed by atoms with Gasteiger partial charge in [-0.25, -0.2) is 0 Å². The highest BCUT2D eigenvalue weighted by molar-refractivity contribution is 6.07. The number of hydrogen-bond donors (Lipinski definition) is 2. The average molecular weight is 502 g/mol. The summed E-state index contributed by atoms with van der Waals surface area (Å²) in [5.74, 6) is 0.147. The van der Waals surface area contributed by atoms with Crippen LogP contribution < -0.4 is 25.0 Å². The number of carbonyl (C=O) groups is 3. The first-order valence-electron chi connectivity index (χ1n) is 12.3. The number of benzene rings is 3. The monoisotopic (exact) mass is 501 g/mol. The molecule has 4 rings (SSSR count). The van der Waals surface area contributed by atoms with Crippen molar-refractivity contribution in [2.75, 3.05) is 30.5 Å². The Labute approximate surface area is 216 Å². The molecule has 2 N–H and O–H groups in total. The maximum Gasteiger partial charge on any atom is 0.253 e. The molecule has 0 bridgehead atoms. The summed E-state index contributed by atoms with van der Waals surface area (Å²) in [4.78, 5) is 40.3. The Balaban J connectivity index is 1.39. The Morgan fingerprint density at radius 3 is 2.49 bits per heavy atom. The number of amides is 3. The molecule has 3 aromatic carbocycles. The first-order valence-corrected chi connectivity index (χ1v) is 12.3. The van der Waals surface area contributed by atoms with Gasteiger partial charge in [0.1, 0.15) is 11.5 Å². The number of carbonyl (C=O) groups excluding carboxylic acids is 3. The summed E-state index contributed by atoms with van der Waals surface area (Å²) >= 11 is 0. The molecule has 0 spiro atoms. The topological polar surface area (TPSA) is 97.0 Å². The normalized spacial score (nSPS) is 14.8. The van der Waals surface area contributed by atoms with Crippen LogP contribution in [0, 0.1) is 5.92 Å². The van der Waals surface area contributed by atoms with Gasteiger partial charge in [0.05, 0.1) is 30.9 Å². The number of para-hydroxylation sites is 2. The average Bonchev–Trinajstić information content (AvgIpc) is 3.33. The van der Waals surface area contributed by atoms with Gasteiger partial charge in [-0.1, -0.05) is 37.3 Å². The highest BCUT2D eigenvalue weighted by Gasteiger charge is 2.35. The molecule has 3 aromatic rings. The molecular formula is C29H31N3O5. The van der Waals surface area contributed by atoms with Gasteiger partial charge in [-0.05, 0) is 48.9 Å². The summed E-state index contributed by atoms with van der Waals surface area (Å²) in [6.45, 7) is 3.21. The Morgan fingerprint density at radius 2 is 1.73 bits per heavy atom. The van der Waals surface area contributed by atoms with Gasteiger partial charge >= 0.3 is 0 Å². The number of ether oxygens (including phenoxy) is 2. The van der Waals surface area contributed by atoms with Crippen LogP contribution in [0.25, 0.3) is 0 Å². The van der Waals surface area contributed by atoms with E-state index in [0.717, 1.165) is 23.4 Å². The Kier molecular flexibility index (Phi) is 8.40. The first-order chi connectivity index (χ1) is 18.0. The quantitative estimate of drug-likeness (QED) is 0.429. The van der Waals surface area contributed by atoms with Crippen LogP contribution in [-0.4, -0.2) is 38.0 Å². The Hall–Kier alpha value is -4.33. The van der Waals surface area contributed by atoms with E-state index in [9.17, 15) is 14.4 Å². The Bertz CT molecular complexity index is 1260. The fourth-order valence-electron chi connectivity index (χ4n) is 4.22. The summed E-state index contributed by atoms with van der Waals surface area (Å²) in [5, 5.41) is 5.74. The van der Waals surface area contributed by atoms with Crippen LogP contribution in [0.15, 0.2) is 72.8 Å². The molecule has 1 heterocycles. The molecular weight excluding hydrogens is 470 g/mol. The molecule has 1 fully saturated rings. The van der Waals surface area contributed by atoms with E-state index in [1.54, 1.807) is 36.3 Å². The molecule has 0 radical (unpaired) electrons. The van der Waals surface area contributed by atoms with E-state index in [0.29, 0.717) is 23.6 Å². The lowest BCUT2D eigenvalue weighted by Crippen LogP contribution is -2.29. The van der Waals surface area contributed by atoms with Gasteiger partial charge in [0, 0.05) is 30.8 Å². The molecule has 0 aromatic heterocycles. The van der Waals surface area contributed by atoms with E-state index in [-0.39, 0.29) is 37.2 Å². The summed E-state index contributed by atoms with van der Waals surface area (Å²) in [7, 11) is 1.58. The van der Waals surface area contributed by atoms with Gasteiger partial charge in [-0.15, -0.1) is 0 Å². The van der Waals surface area contributed by atoms with Crippen LogP contribution in [0.2, 0.25) is 0 Å². The Morgan fingerprint density at radius 1 is 1.00 bits per heavy atom. The number of nitrogens with zero attached hydrogens (tertiary/aromatic N) is 1. The smallest absolute Gasteiger partial charge is 0.253 e. The third-order valence-corrected chi connectivity index (χ3v) is 6.18. The van der Waals surface area contributed by atoms with Crippen molar-refractivity contribution in [3.63, 3.8) is 0 Å². The molecule has 1 aliphatic rings. The molecule has 37 heavy (non-hydrogen) atoms. The van der Waals surface area contributed by atoms with Crippen molar-refractivity contribution in [2.45, 2.75) is 26.3 Å². The number of hydrogen-bond acceptors (Lipinski definition) is 5. The van der Waals surface area contributed by atoms with Crippen LogP contribution in [0.1, 0.15) is 35.7 Å². The van der Waals surface area contributed by atoms with Crippen molar-refractivity contribution in [1.29, 1.82) is 0 Å². The molecule has 1 atom stereocenters. The molecule has 0 aliphatic carbocycles. The lowest BCUT2D eigenvalue weighted by Gasteiger charge is -2.18. The van der Waals surface area contributed by atoms with E-state index in [1.807, 2.05) is 55.5 Å². The zero-order chi connectivity index (χ0) is 26.2. The second-order valence-corrected chi connectivity index (χ2v) is 8.78. The summed E-state index contributed by atoms with van der Waals surface area (Å²) in [6.07, 6.45) is 1.01. The van der Waals surface area contributed by atoms with Gasteiger partial charge in [0.15, 0.2) is 0 Å². The predicted molar refractivity (Wildman–Crippen MR) is 142 cm³/mol. The number of rotatable bonds is 10. The van der Waals surface area contributed by atoms with Crippen LogP contribution in [-0.2, 0) is 16.1 Å². The van der Waals surface area contributed by atoms with Crippen molar-refractivity contribution < 1.29 is 23.9 Å². The predicted octanol–water partition coefficient (Wildman–Crippen LogP) is 4.41. The standard InChI is InChI=1S/C29H31N3O5/c1-3-16-37-23-14-12-22(13-15-23)32-19-21(17-27(32)33)28(34)31-25-10-6-5-9-24(25)29(35)30-18-20-8-4-7-11-26(20)36-2/h4-15,21H,3,16-19H2,1-2H3,(H,30,35)(H,31,34)/t21-/m1/s1. The number of anilines is 2. The van der Waals surface area contributed by atoms with Crippen LogP contribution in [0.5, 0.6) is 11.5 Å². The number of nitrogens with one attached hydrogen (secondary N) is 2. The van der Waals surface area contributed by atoms with Gasteiger partial charge < -0.3 is 25.0 Å². The van der Waals surface area contributed by atoms with E-state index < -0.39 is 5.92 Å². The fraction of sp³-hybridized carbons (Fsp3) is 0.276. The van der Waals surface area contributed by atoms with E-state index in [1.165, 1.54) is 0 Å². The molecule has 0 unspecified atom stereocenters. The van der Waals surface area contributed by atoms with Crippen molar-refractivity contribution >= 4 is 29.1 Å². The van der Waals surface area contributed by atoms with Crippen molar-refractivity contribution in [3.8, 4) is 11.5 Å². The molecule has 8 heteroatoms. The van der Waals surface area contributed by atoms with E-state index >= 15 is 0 Å². The lowest BCUT2D eigenvalue weighted by molar-refractivity contribution is -0.122. The zero-order valence-electron chi connectivity index (χ0n) is 21.0. The third kappa shape index (κ3) is 6.27. The second-order valence-electron chi connectivity index (χ2n) is 8.78. The maximum absolute atomic E-state index is 13.1. The molecule has 192 valence electrons. The highest BCUT2D eigenvalue weighted by Crippen LogP contribution is 2.28. The zero-order valence-corrected chi connectivity index (χ0v) is 21.0. The lowest BCUT2D eigenvalue weighted by atomic mass is 10.1. The first kappa shape index (κ1) is 25.8. The van der Waals surface area contributed by atoms with Crippen molar-refractivity contribution in [3.05, 3.63) is 83.9 Å².